The number of hydrogen-bond acceptors (Lipinski definition) is 4. The Hall–Kier alpha value is -2.14. The monoisotopic (exact) mass is 316 g/mol. The lowest BCUT2D eigenvalue weighted by atomic mass is 10.2. The average molecular weight is 316 g/mol. The summed E-state index contributed by atoms with van der Waals surface area (Å²) in [6, 6.07) is 15.3. The highest BCUT2D eigenvalue weighted by Crippen LogP contribution is 2.26. The number of rotatable bonds is 7. The first-order valence-electron chi connectivity index (χ1n) is 7.22. The van der Waals surface area contributed by atoms with Crippen LogP contribution >= 0.6 is 12.6 Å². The predicted octanol–water partition coefficient (Wildman–Crippen LogP) is 4.09. The largest absolute Gasteiger partial charge is 0.494 e. The lowest BCUT2D eigenvalue weighted by molar-refractivity contribution is -0.115. The lowest BCUT2D eigenvalue weighted by Crippen LogP contribution is -2.12. The van der Waals surface area contributed by atoms with Gasteiger partial charge in [0.05, 0.1) is 18.0 Å². The molecule has 2 aromatic rings. The van der Waals surface area contributed by atoms with Crippen molar-refractivity contribution in [3.8, 4) is 5.75 Å². The molecule has 2 aromatic carbocycles. The minimum absolute atomic E-state index is 0.0454. The standard InChI is InChI=1S/C17H20N2O2S/c1-2-21-14-9-7-13(8-10-14)18-15-5-3-4-6-16(15)19-17(20)11-12-22/h3-10,18,22H,2,11-12H2,1H3,(H,19,20). The van der Waals surface area contributed by atoms with E-state index in [0.29, 0.717) is 18.8 Å². The molecule has 1 amide bonds. The van der Waals surface area contributed by atoms with E-state index in [2.05, 4.69) is 23.3 Å². The summed E-state index contributed by atoms with van der Waals surface area (Å²) in [7, 11) is 0. The van der Waals surface area contributed by atoms with Crippen molar-refractivity contribution in [1.82, 2.24) is 0 Å². The second-order valence-corrected chi connectivity index (χ2v) is 5.10. The van der Waals surface area contributed by atoms with Crippen molar-refractivity contribution in [1.29, 1.82) is 0 Å². The van der Waals surface area contributed by atoms with Gasteiger partial charge in [0.1, 0.15) is 5.75 Å². The zero-order valence-corrected chi connectivity index (χ0v) is 13.4. The van der Waals surface area contributed by atoms with Crippen LogP contribution in [-0.4, -0.2) is 18.3 Å². The van der Waals surface area contributed by atoms with Gasteiger partial charge in [-0.05, 0) is 49.1 Å². The smallest absolute Gasteiger partial charge is 0.225 e. The summed E-state index contributed by atoms with van der Waals surface area (Å²) in [5.74, 6) is 1.32. The van der Waals surface area contributed by atoms with Crippen LogP contribution in [0, 0.1) is 0 Å². The summed E-state index contributed by atoms with van der Waals surface area (Å²) in [6.45, 7) is 2.60. The number of hydrogen-bond donors (Lipinski definition) is 3. The Morgan fingerprint density at radius 1 is 1.09 bits per heavy atom. The molecule has 4 nitrogen and oxygen atoms in total. The van der Waals surface area contributed by atoms with E-state index in [9.17, 15) is 4.79 Å². The summed E-state index contributed by atoms with van der Waals surface area (Å²) in [4.78, 5) is 11.7. The topological polar surface area (TPSA) is 50.4 Å². The molecule has 0 bridgehead atoms. The van der Waals surface area contributed by atoms with Gasteiger partial charge in [-0.15, -0.1) is 0 Å². The van der Waals surface area contributed by atoms with Crippen molar-refractivity contribution < 1.29 is 9.53 Å². The van der Waals surface area contributed by atoms with E-state index in [0.717, 1.165) is 22.8 Å². The molecule has 0 spiro atoms. The Morgan fingerprint density at radius 2 is 1.77 bits per heavy atom. The van der Waals surface area contributed by atoms with Gasteiger partial charge < -0.3 is 15.4 Å². The molecule has 0 saturated heterocycles. The van der Waals surface area contributed by atoms with E-state index in [1.807, 2.05) is 55.5 Å². The first-order chi connectivity index (χ1) is 10.7. The molecule has 116 valence electrons. The summed E-state index contributed by atoms with van der Waals surface area (Å²) in [6.07, 6.45) is 0.389. The maximum atomic E-state index is 11.7. The molecule has 0 radical (unpaired) electrons. The summed E-state index contributed by atoms with van der Waals surface area (Å²) in [5, 5.41) is 6.19. The number of para-hydroxylation sites is 2. The van der Waals surface area contributed by atoms with Crippen LogP contribution in [-0.2, 0) is 4.79 Å². The third-order valence-electron chi connectivity index (χ3n) is 2.98. The van der Waals surface area contributed by atoms with E-state index < -0.39 is 0 Å². The van der Waals surface area contributed by atoms with Crippen molar-refractivity contribution in [2.75, 3.05) is 23.0 Å². The molecule has 0 saturated carbocycles. The average Bonchev–Trinajstić information content (AvgIpc) is 2.52. The van der Waals surface area contributed by atoms with Gasteiger partial charge in [0.2, 0.25) is 5.91 Å². The Labute approximate surface area is 136 Å². The molecule has 0 atom stereocenters. The molecule has 0 aromatic heterocycles. The van der Waals surface area contributed by atoms with Crippen LogP contribution in [0.15, 0.2) is 48.5 Å². The van der Waals surface area contributed by atoms with Crippen molar-refractivity contribution >= 4 is 35.6 Å². The van der Waals surface area contributed by atoms with Gasteiger partial charge in [-0.1, -0.05) is 12.1 Å². The predicted molar refractivity (Wildman–Crippen MR) is 94.4 cm³/mol. The van der Waals surface area contributed by atoms with Gasteiger partial charge in [-0.25, -0.2) is 0 Å². The molecule has 2 rings (SSSR count). The van der Waals surface area contributed by atoms with Crippen molar-refractivity contribution in [3.05, 3.63) is 48.5 Å². The highest BCUT2D eigenvalue weighted by molar-refractivity contribution is 7.80. The molecule has 5 heteroatoms. The quantitative estimate of drug-likeness (QED) is 0.674. The zero-order valence-electron chi connectivity index (χ0n) is 12.5. The number of thiol groups is 1. The molecular formula is C17H20N2O2S. The Bertz CT molecular complexity index is 614. The minimum Gasteiger partial charge on any atom is -0.494 e. The molecule has 0 aliphatic carbocycles. The highest BCUT2D eigenvalue weighted by atomic mass is 32.1. The number of anilines is 3. The minimum atomic E-state index is -0.0454. The molecule has 0 heterocycles. The van der Waals surface area contributed by atoms with Crippen LogP contribution in [0.5, 0.6) is 5.75 Å². The maximum absolute atomic E-state index is 11.7. The summed E-state index contributed by atoms with van der Waals surface area (Å²) < 4.78 is 5.42. The Morgan fingerprint density at radius 3 is 2.41 bits per heavy atom. The molecule has 0 aliphatic heterocycles. The van der Waals surface area contributed by atoms with Crippen LogP contribution in [0.1, 0.15) is 13.3 Å². The SMILES string of the molecule is CCOc1ccc(Nc2ccccc2NC(=O)CCS)cc1. The van der Waals surface area contributed by atoms with E-state index in [4.69, 9.17) is 4.74 Å². The third-order valence-corrected chi connectivity index (χ3v) is 3.21. The van der Waals surface area contributed by atoms with E-state index in [-0.39, 0.29) is 5.91 Å². The van der Waals surface area contributed by atoms with Crippen LogP contribution in [0.3, 0.4) is 0 Å². The van der Waals surface area contributed by atoms with Gasteiger partial charge in [-0.2, -0.15) is 12.6 Å². The first-order valence-corrected chi connectivity index (χ1v) is 7.85. The van der Waals surface area contributed by atoms with Gasteiger partial charge in [0, 0.05) is 12.1 Å². The fourth-order valence-corrected chi connectivity index (χ4v) is 2.18. The van der Waals surface area contributed by atoms with E-state index in [1.165, 1.54) is 0 Å². The fourth-order valence-electron chi connectivity index (χ4n) is 1.97. The zero-order chi connectivity index (χ0) is 15.8. The van der Waals surface area contributed by atoms with Crippen LogP contribution < -0.4 is 15.4 Å². The molecular weight excluding hydrogens is 296 g/mol. The van der Waals surface area contributed by atoms with Gasteiger partial charge in [0.25, 0.3) is 0 Å². The second kappa shape index (κ2) is 8.34. The maximum Gasteiger partial charge on any atom is 0.225 e. The van der Waals surface area contributed by atoms with Crippen LogP contribution in [0.2, 0.25) is 0 Å². The summed E-state index contributed by atoms with van der Waals surface area (Å²) in [5.41, 5.74) is 2.53. The second-order valence-electron chi connectivity index (χ2n) is 4.65. The number of carbonyl (C=O) groups is 1. The van der Waals surface area contributed by atoms with Crippen molar-refractivity contribution in [2.45, 2.75) is 13.3 Å². The third kappa shape index (κ3) is 4.70. The van der Waals surface area contributed by atoms with Crippen LogP contribution in [0.25, 0.3) is 0 Å². The summed E-state index contributed by atoms with van der Waals surface area (Å²) >= 11 is 4.07. The molecule has 2 N–H and O–H groups in total. The van der Waals surface area contributed by atoms with E-state index in [1.54, 1.807) is 0 Å². The van der Waals surface area contributed by atoms with Gasteiger partial charge >= 0.3 is 0 Å². The fraction of sp³-hybridized carbons (Fsp3) is 0.235. The Balaban J connectivity index is 2.10. The number of amides is 1. The molecule has 0 fully saturated rings. The first kappa shape index (κ1) is 16.2. The molecule has 22 heavy (non-hydrogen) atoms. The number of ether oxygens (including phenoxy) is 1. The van der Waals surface area contributed by atoms with Crippen molar-refractivity contribution in [3.63, 3.8) is 0 Å². The number of benzene rings is 2. The lowest BCUT2D eigenvalue weighted by Gasteiger charge is -2.13. The van der Waals surface area contributed by atoms with Crippen LogP contribution in [0.4, 0.5) is 17.1 Å². The van der Waals surface area contributed by atoms with Gasteiger partial charge in [0.15, 0.2) is 0 Å². The Kier molecular flexibility index (Phi) is 6.15. The van der Waals surface area contributed by atoms with E-state index >= 15 is 0 Å². The van der Waals surface area contributed by atoms with Gasteiger partial charge in [-0.3, -0.25) is 4.79 Å². The molecule has 0 aliphatic rings. The normalized spacial score (nSPS) is 10.1. The van der Waals surface area contributed by atoms with Crippen molar-refractivity contribution in [2.24, 2.45) is 0 Å². The number of nitrogens with one attached hydrogen (secondary N) is 2. The number of carbonyl (C=O) groups excluding carboxylic acids is 1. The highest BCUT2D eigenvalue weighted by Gasteiger charge is 2.06. The molecule has 0 unspecified atom stereocenters.